The largest absolute Gasteiger partial charge is 0.466 e. The Hall–Kier alpha value is -1.27. The molecule has 0 bridgehead atoms. The topological polar surface area (TPSA) is 62.9 Å². The molecule has 10 heavy (non-hydrogen) atoms. The van der Waals surface area contributed by atoms with E-state index in [1.807, 2.05) is 6.07 Å². The number of hydrogen-bond donors (Lipinski definition) is 1. The molecule has 0 fully saturated rings. The van der Waals surface area contributed by atoms with Crippen LogP contribution in [-0.4, -0.2) is 0 Å². The molecule has 1 aromatic heterocycles. The van der Waals surface area contributed by atoms with Crippen molar-refractivity contribution in [2.24, 2.45) is 5.73 Å². The van der Waals surface area contributed by atoms with Gasteiger partial charge in [0.15, 0.2) is 0 Å². The normalized spacial score (nSPS) is 12.5. The van der Waals surface area contributed by atoms with Crippen LogP contribution >= 0.6 is 0 Å². The molecule has 1 aromatic rings. The van der Waals surface area contributed by atoms with E-state index >= 15 is 0 Å². The van der Waals surface area contributed by atoms with Gasteiger partial charge in [-0.1, -0.05) is 0 Å². The highest BCUT2D eigenvalue weighted by Crippen LogP contribution is 2.15. The molecule has 2 N–H and O–H groups in total. The van der Waals surface area contributed by atoms with Crippen LogP contribution in [0.2, 0.25) is 0 Å². The van der Waals surface area contributed by atoms with Crippen LogP contribution in [0.3, 0.4) is 0 Å². The predicted molar refractivity (Wildman–Crippen MR) is 36.0 cm³/mol. The molecule has 0 aromatic carbocycles. The van der Waals surface area contributed by atoms with Crippen molar-refractivity contribution in [2.45, 2.75) is 13.0 Å². The molecule has 3 nitrogen and oxygen atoms in total. The van der Waals surface area contributed by atoms with Crippen LogP contribution in [0.15, 0.2) is 16.7 Å². The molecule has 0 aliphatic rings. The zero-order chi connectivity index (χ0) is 7.56. The Kier molecular flexibility index (Phi) is 1.74. The Balaban J connectivity index is 3.05. The third-order valence-electron chi connectivity index (χ3n) is 1.23. The molecule has 0 aliphatic carbocycles. The predicted octanol–water partition coefficient (Wildman–Crippen LogP) is 1.17. The van der Waals surface area contributed by atoms with E-state index in [0.717, 1.165) is 0 Å². The summed E-state index contributed by atoms with van der Waals surface area (Å²) in [6, 6.07) is 3.39. The standard InChI is InChI=1S/C7H8N2O/c1-5(9)7-6(4-8)2-3-10-7/h2-3,5H,9H2,1H3/t5-/m1/s1. The van der Waals surface area contributed by atoms with Crippen LogP contribution in [0.5, 0.6) is 0 Å². The second kappa shape index (κ2) is 2.54. The van der Waals surface area contributed by atoms with Crippen molar-refractivity contribution in [1.82, 2.24) is 0 Å². The van der Waals surface area contributed by atoms with Crippen molar-refractivity contribution in [3.8, 4) is 6.07 Å². The van der Waals surface area contributed by atoms with Crippen LogP contribution < -0.4 is 5.73 Å². The number of nitriles is 1. The minimum Gasteiger partial charge on any atom is -0.466 e. The van der Waals surface area contributed by atoms with Crippen molar-refractivity contribution in [3.05, 3.63) is 23.7 Å². The number of hydrogen-bond acceptors (Lipinski definition) is 3. The fourth-order valence-corrected chi connectivity index (χ4v) is 0.766. The van der Waals surface area contributed by atoms with Gasteiger partial charge >= 0.3 is 0 Å². The summed E-state index contributed by atoms with van der Waals surface area (Å²) in [7, 11) is 0. The monoisotopic (exact) mass is 136 g/mol. The Labute approximate surface area is 59.1 Å². The lowest BCUT2D eigenvalue weighted by atomic mass is 10.2. The van der Waals surface area contributed by atoms with Crippen molar-refractivity contribution in [1.29, 1.82) is 5.26 Å². The Bertz CT molecular complexity index is 257. The first kappa shape index (κ1) is 6.84. The van der Waals surface area contributed by atoms with Gasteiger partial charge in [0.2, 0.25) is 0 Å². The molecular weight excluding hydrogens is 128 g/mol. The van der Waals surface area contributed by atoms with Gasteiger partial charge in [-0.3, -0.25) is 0 Å². The second-order valence-electron chi connectivity index (χ2n) is 2.10. The molecule has 3 heteroatoms. The number of furan rings is 1. The summed E-state index contributed by atoms with van der Waals surface area (Å²) in [5.74, 6) is 0.558. The quantitative estimate of drug-likeness (QED) is 0.630. The van der Waals surface area contributed by atoms with Crippen LogP contribution in [0.1, 0.15) is 24.3 Å². The molecular formula is C7H8N2O. The van der Waals surface area contributed by atoms with Crippen LogP contribution in [0.4, 0.5) is 0 Å². The molecule has 52 valence electrons. The van der Waals surface area contributed by atoms with Crippen LogP contribution in [-0.2, 0) is 0 Å². The van der Waals surface area contributed by atoms with Crippen molar-refractivity contribution in [3.63, 3.8) is 0 Å². The van der Waals surface area contributed by atoms with Gasteiger partial charge in [-0.15, -0.1) is 0 Å². The number of nitrogens with zero attached hydrogens (tertiary/aromatic N) is 1. The van der Waals surface area contributed by atoms with E-state index in [-0.39, 0.29) is 6.04 Å². The first-order chi connectivity index (χ1) is 4.75. The molecule has 1 atom stereocenters. The maximum absolute atomic E-state index is 8.49. The van der Waals surface area contributed by atoms with E-state index in [1.165, 1.54) is 6.26 Å². The van der Waals surface area contributed by atoms with E-state index in [1.54, 1.807) is 13.0 Å². The Morgan fingerprint density at radius 2 is 2.50 bits per heavy atom. The van der Waals surface area contributed by atoms with Crippen molar-refractivity contribution < 1.29 is 4.42 Å². The average Bonchev–Trinajstić information content (AvgIpc) is 2.33. The van der Waals surface area contributed by atoms with E-state index in [4.69, 9.17) is 15.4 Å². The zero-order valence-electron chi connectivity index (χ0n) is 5.66. The van der Waals surface area contributed by atoms with E-state index < -0.39 is 0 Å². The summed E-state index contributed by atoms with van der Waals surface area (Å²) in [6.07, 6.45) is 1.47. The molecule has 0 aliphatic heterocycles. The fourth-order valence-electron chi connectivity index (χ4n) is 0.766. The van der Waals surface area contributed by atoms with E-state index in [2.05, 4.69) is 0 Å². The smallest absolute Gasteiger partial charge is 0.137 e. The van der Waals surface area contributed by atoms with E-state index in [9.17, 15) is 0 Å². The van der Waals surface area contributed by atoms with Gasteiger partial charge in [0.25, 0.3) is 0 Å². The molecule has 0 saturated carbocycles. The van der Waals surface area contributed by atoms with Gasteiger partial charge in [0.1, 0.15) is 11.8 Å². The van der Waals surface area contributed by atoms with Crippen LogP contribution in [0, 0.1) is 11.3 Å². The summed E-state index contributed by atoms with van der Waals surface area (Å²) in [5.41, 5.74) is 6.01. The summed E-state index contributed by atoms with van der Waals surface area (Å²) >= 11 is 0. The molecule has 1 rings (SSSR count). The lowest BCUT2D eigenvalue weighted by Crippen LogP contribution is -2.04. The van der Waals surface area contributed by atoms with Crippen molar-refractivity contribution in [2.75, 3.05) is 0 Å². The Morgan fingerprint density at radius 1 is 1.80 bits per heavy atom. The Morgan fingerprint density at radius 3 is 2.90 bits per heavy atom. The molecule has 0 spiro atoms. The average molecular weight is 136 g/mol. The SMILES string of the molecule is C[C@@H](N)c1occc1C#N. The van der Waals surface area contributed by atoms with Gasteiger partial charge in [0.05, 0.1) is 17.9 Å². The summed E-state index contributed by atoms with van der Waals surface area (Å²) < 4.78 is 4.97. The lowest BCUT2D eigenvalue weighted by molar-refractivity contribution is 0.478. The molecule has 0 amide bonds. The maximum atomic E-state index is 8.49. The van der Waals surface area contributed by atoms with Gasteiger partial charge in [0, 0.05) is 0 Å². The van der Waals surface area contributed by atoms with Gasteiger partial charge in [-0.25, -0.2) is 0 Å². The molecule has 0 unspecified atom stereocenters. The van der Waals surface area contributed by atoms with Crippen LogP contribution in [0.25, 0.3) is 0 Å². The minimum absolute atomic E-state index is 0.204. The summed E-state index contributed by atoms with van der Waals surface area (Å²) in [5, 5.41) is 8.49. The highest BCUT2D eigenvalue weighted by molar-refractivity contribution is 5.32. The minimum atomic E-state index is -0.204. The lowest BCUT2D eigenvalue weighted by Gasteiger charge is -1.98. The van der Waals surface area contributed by atoms with Crippen molar-refractivity contribution >= 4 is 0 Å². The molecule has 0 radical (unpaired) electrons. The number of rotatable bonds is 1. The molecule has 1 heterocycles. The summed E-state index contributed by atoms with van der Waals surface area (Å²) in [6.45, 7) is 1.78. The highest BCUT2D eigenvalue weighted by Gasteiger charge is 2.08. The van der Waals surface area contributed by atoms with Gasteiger partial charge < -0.3 is 10.2 Å². The first-order valence-corrected chi connectivity index (χ1v) is 2.98. The molecule has 0 saturated heterocycles. The van der Waals surface area contributed by atoms with Gasteiger partial charge in [-0.2, -0.15) is 5.26 Å². The third-order valence-corrected chi connectivity index (χ3v) is 1.23. The van der Waals surface area contributed by atoms with Gasteiger partial charge in [-0.05, 0) is 13.0 Å². The van der Waals surface area contributed by atoms with E-state index in [0.29, 0.717) is 11.3 Å². The number of nitrogens with two attached hydrogens (primary N) is 1. The second-order valence-corrected chi connectivity index (χ2v) is 2.10. The summed E-state index contributed by atoms with van der Waals surface area (Å²) in [4.78, 5) is 0. The first-order valence-electron chi connectivity index (χ1n) is 2.98. The fraction of sp³-hybridized carbons (Fsp3) is 0.286. The highest BCUT2D eigenvalue weighted by atomic mass is 16.3. The maximum Gasteiger partial charge on any atom is 0.137 e. The zero-order valence-corrected chi connectivity index (χ0v) is 5.66. The third kappa shape index (κ3) is 1.02.